The average Bonchev–Trinajstić information content (AvgIpc) is 3.40. The van der Waals surface area contributed by atoms with Gasteiger partial charge in [-0.05, 0) is 66.6 Å². The normalized spacial score (nSPS) is 21.2. The minimum atomic E-state index is 0.0358. The van der Waals surface area contributed by atoms with Crippen LogP contribution in [0, 0.1) is 11.8 Å². The average molecular weight is 450 g/mol. The van der Waals surface area contributed by atoms with Crippen LogP contribution in [-0.4, -0.2) is 63.2 Å². The Kier molecular flexibility index (Phi) is 5.66. The van der Waals surface area contributed by atoms with E-state index in [9.17, 15) is 9.59 Å². The molecule has 2 aliphatic heterocycles. The van der Waals surface area contributed by atoms with Crippen LogP contribution in [0.2, 0.25) is 5.02 Å². The summed E-state index contributed by atoms with van der Waals surface area (Å²) in [6.45, 7) is 2.92. The van der Waals surface area contributed by atoms with Gasteiger partial charge in [0.15, 0.2) is 0 Å². The molecule has 5 rings (SSSR count). The number of aromatic amines is 1. The van der Waals surface area contributed by atoms with Gasteiger partial charge in [0.1, 0.15) is 5.52 Å². The highest BCUT2D eigenvalue weighted by atomic mass is 35.5. The smallest absolute Gasteiger partial charge is 0.253 e. The second-order valence-electron chi connectivity index (χ2n) is 8.56. The second kappa shape index (κ2) is 8.74. The highest BCUT2D eigenvalue weighted by Gasteiger charge is 2.37. The molecule has 0 unspecified atom stereocenters. The Hall–Kier alpha value is -3.19. The minimum absolute atomic E-state index is 0.0358. The lowest BCUT2D eigenvalue weighted by molar-refractivity contribution is -0.125. The van der Waals surface area contributed by atoms with E-state index in [2.05, 4.69) is 15.4 Å². The molecule has 1 aromatic heterocycles. The molecular formula is C24H24ClN5O2. The summed E-state index contributed by atoms with van der Waals surface area (Å²) in [5, 5.41) is 11.3. The molecule has 2 fully saturated rings. The van der Waals surface area contributed by atoms with Gasteiger partial charge in [-0.2, -0.15) is 0 Å². The molecule has 2 aliphatic rings. The molecule has 7 nitrogen and oxygen atoms in total. The van der Waals surface area contributed by atoms with Crippen LogP contribution in [0.25, 0.3) is 17.1 Å². The van der Waals surface area contributed by atoms with Crippen molar-refractivity contribution >= 4 is 40.5 Å². The number of likely N-dealkylation sites (tertiary alicyclic amines) is 2. The second-order valence-corrected chi connectivity index (χ2v) is 9.00. The Labute approximate surface area is 191 Å². The van der Waals surface area contributed by atoms with Gasteiger partial charge < -0.3 is 9.80 Å². The number of carbonyl (C=O) groups is 2. The first-order valence-corrected chi connectivity index (χ1v) is 11.3. The van der Waals surface area contributed by atoms with E-state index in [1.165, 1.54) is 0 Å². The Balaban J connectivity index is 1.19. The van der Waals surface area contributed by atoms with Gasteiger partial charge in [0.2, 0.25) is 5.91 Å². The molecule has 2 amide bonds. The first-order chi connectivity index (χ1) is 15.6. The molecule has 2 aromatic carbocycles. The number of rotatable bonds is 3. The quantitative estimate of drug-likeness (QED) is 0.619. The number of hydrogen-bond acceptors (Lipinski definition) is 4. The number of aromatic nitrogens is 3. The molecule has 0 saturated carbocycles. The van der Waals surface area contributed by atoms with Crippen molar-refractivity contribution in [2.75, 3.05) is 26.2 Å². The van der Waals surface area contributed by atoms with Crippen molar-refractivity contribution in [1.82, 2.24) is 25.2 Å². The summed E-state index contributed by atoms with van der Waals surface area (Å²) < 4.78 is 0. The first-order valence-electron chi connectivity index (χ1n) is 10.9. The van der Waals surface area contributed by atoms with E-state index in [0.717, 1.165) is 37.0 Å². The minimum Gasteiger partial charge on any atom is -0.339 e. The highest BCUT2D eigenvalue weighted by Crippen LogP contribution is 2.32. The van der Waals surface area contributed by atoms with E-state index in [0.29, 0.717) is 41.0 Å². The summed E-state index contributed by atoms with van der Waals surface area (Å²) in [7, 11) is 0. The third-order valence-corrected chi connectivity index (χ3v) is 6.83. The van der Waals surface area contributed by atoms with Gasteiger partial charge >= 0.3 is 0 Å². The van der Waals surface area contributed by atoms with Crippen molar-refractivity contribution < 1.29 is 9.59 Å². The van der Waals surface area contributed by atoms with Gasteiger partial charge in [-0.3, -0.25) is 14.7 Å². The van der Waals surface area contributed by atoms with E-state index in [-0.39, 0.29) is 11.8 Å². The van der Waals surface area contributed by atoms with Gasteiger partial charge in [-0.1, -0.05) is 28.9 Å². The summed E-state index contributed by atoms with van der Waals surface area (Å²) in [5.74, 6) is 0.938. The standard InChI is InChI=1S/C24H24ClN5O2/c25-20-5-1-16(2-6-20)3-8-23(31)30-14-18-9-11-29(12-10-19(18)15-30)24(32)17-4-7-21-22(13-17)27-28-26-21/h1-8,13,18-19H,9-12,14-15H2,(H,26,27,28)/t18-,19+. The maximum atomic E-state index is 13.0. The van der Waals surface area contributed by atoms with Crippen LogP contribution in [0.1, 0.15) is 28.8 Å². The number of nitrogens with one attached hydrogen (secondary N) is 1. The molecule has 0 radical (unpaired) electrons. The van der Waals surface area contributed by atoms with Crippen molar-refractivity contribution in [3.05, 3.63) is 64.7 Å². The summed E-state index contributed by atoms with van der Waals surface area (Å²) >= 11 is 5.91. The fraction of sp³-hybridized carbons (Fsp3) is 0.333. The Bertz CT molecular complexity index is 1160. The van der Waals surface area contributed by atoms with Crippen LogP contribution in [-0.2, 0) is 4.79 Å². The van der Waals surface area contributed by atoms with Crippen LogP contribution in [0.4, 0.5) is 0 Å². The molecular weight excluding hydrogens is 426 g/mol. The molecule has 0 spiro atoms. The molecule has 1 N–H and O–H groups in total. The molecule has 2 atom stereocenters. The van der Waals surface area contributed by atoms with Crippen LogP contribution in [0.5, 0.6) is 0 Å². The predicted octanol–water partition coefficient (Wildman–Crippen LogP) is 3.64. The maximum absolute atomic E-state index is 13.0. The lowest BCUT2D eigenvalue weighted by Gasteiger charge is -2.22. The molecule has 0 bridgehead atoms. The Morgan fingerprint density at radius 2 is 1.72 bits per heavy atom. The van der Waals surface area contributed by atoms with Gasteiger partial charge in [0.05, 0.1) is 5.52 Å². The number of amides is 2. The molecule has 8 heteroatoms. The number of halogens is 1. The fourth-order valence-corrected chi connectivity index (χ4v) is 4.86. The van der Waals surface area contributed by atoms with Gasteiger partial charge in [-0.15, -0.1) is 5.10 Å². The van der Waals surface area contributed by atoms with E-state index in [4.69, 9.17) is 11.6 Å². The van der Waals surface area contributed by atoms with E-state index >= 15 is 0 Å². The number of benzene rings is 2. The molecule has 32 heavy (non-hydrogen) atoms. The summed E-state index contributed by atoms with van der Waals surface area (Å²) in [4.78, 5) is 29.6. The van der Waals surface area contributed by atoms with Crippen molar-refractivity contribution in [1.29, 1.82) is 0 Å². The van der Waals surface area contributed by atoms with Crippen LogP contribution < -0.4 is 0 Å². The van der Waals surface area contributed by atoms with Crippen molar-refractivity contribution in [2.45, 2.75) is 12.8 Å². The number of carbonyl (C=O) groups excluding carboxylic acids is 2. The Morgan fingerprint density at radius 1 is 1.00 bits per heavy atom. The summed E-state index contributed by atoms with van der Waals surface area (Å²) in [5.41, 5.74) is 3.11. The van der Waals surface area contributed by atoms with Gasteiger partial charge in [0, 0.05) is 42.8 Å². The van der Waals surface area contributed by atoms with Crippen LogP contribution in [0.15, 0.2) is 48.5 Å². The summed E-state index contributed by atoms with van der Waals surface area (Å²) in [6, 6.07) is 12.9. The number of H-pyrrole nitrogens is 1. The molecule has 3 aromatic rings. The molecule has 2 saturated heterocycles. The molecule has 0 aliphatic carbocycles. The van der Waals surface area contributed by atoms with Crippen molar-refractivity contribution in [3.8, 4) is 0 Å². The van der Waals surface area contributed by atoms with Crippen LogP contribution >= 0.6 is 11.6 Å². The zero-order valence-corrected chi connectivity index (χ0v) is 18.3. The molecule has 3 heterocycles. The van der Waals surface area contributed by atoms with Crippen molar-refractivity contribution in [2.24, 2.45) is 11.8 Å². The zero-order chi connectivity index (χ0) is 22.1. The monoisotopic (exact) mass is 449 g/mol. The largest absolute Gasteiger partial charge is 0.339 e. The lowest BCUT2D eigenvalue weighted by Crippen LogP contribution is -2.33. The third-order valence-electron chi connectivity index (χ3n) is 6.58. The topological polar surface area (TPSA) is 82.2 Å². The fourth-order valence-electron chi connectivity index (χ4n) is 4.74. The van der Waals surface area contributed by atoms with E-state index in [1.807, 2.05) is 52.3 Å². The van der Waals surface area contributed by atoms with E-state index in [1.54, 1.807) is 12.1 Å². The highest BCUT2D eigenvalue weighted by molar-refractivity contribution is 6.30. The zero-order valence-electron chi connectivity index (χ0n) is 17.6. The lowest BCUT2D eigenvalue weighted by atomic mass is 9.92. The summed E-state index contributed by atoms with van der Waals surface area (Å²) in [6.07, 6.45) is 5.30. The Morgan fingerprint density at radius 3 is 2.44 bits per heavy atom. The SMILES string of the molecule is O=C(C=Cc1ccc(Cl)cc1)N1C[C@H]2CCN(C(=O)c3ccc4[nH]nnc4c3)CC[C@H]2C1. The van der Waals surface area contributed by atoms with Crippen LogP contribution in [0.3, 0.4) is 0 Å². The number of nitrogens with zero attached hydrogens (tertiary/aromatic N) is 4. The predicted molar refractivity (Wildman–Crippen MR) is 123 cm³/mol. The van der Waals surface area contributed by atoms with E-state index < -0.39 is 0 Å². The first kappa shape index (κ1) is 20.7. The van der Waals surface area contributed by atoms with Crippen molar-refractivity contribution in [3.63, 3.8) is 0 Å². The van der Waals surface area contributed by atoms with Gasteiger partial charge in [-0.25, -0.2) is 0 Å². The maximum Gasteiger partial charge on any atom is 0.253 e. The number of hydrogen-bond donors (Lipinski definition) is 1. The molecule has 164 valence electrons. The number of fused-ring (bicyclic) bond motifs is 2. The third kappa shape index (κ3) is 4.25. The van der Waals surface area contributed by atoms with Gasteiger partial charge in [0.25, 0.3) is 5.91 Å².